The van der Waals surface area contributed by atoms with Crippen molar-refractivity contribution in [3.63, 3.8) is 0 Å². The fourth-order valence-electron chi connectivity index (χ4n) is 4.54. The number of hydrogen-bond acceptors (Lipinski definition) is 5. The highest BCUT2D eigenvalue weighted by Crippen LogP contribution is 2.25. The molecule has 0 aliphatic carbocycles. The molecular weight excluding hydrogens is 446 g/mol. The third-order valence-electron chi connectivity index (χ3n) is 6.35. The standard InChI is InChI=1S/C26H37N5O4/c1-4-5-14-30-23(27)22(24(33)28-26(30)35)31(16-18(2)3)25(34)20-12-9-13-29(17-20)21(32)15-19-10-7-6-8-11-19/h6-8,10-11,18,20H,4-5,9,12-17,27H2,1-3H3,(H,28,33,35). The Morgan fingerprint density at radius 1 is 1.20 bits per heavy atom. The maximum Gasteiger partial charge on any atom is 0.330 e. The summed E-state index contributed by atoms with van der Waals surface area (Å²) in [5, 5.41) is 0. The van der Waals surface area contributed by atoms with Crippen molar-refractivity contribution in [2.45, 2.75) is 59.4 Å². The second kappa shape index (κ2) is 11.9. The third kappa shape index (κ3) is 6.41. The Hall–Kier alpha value is -3.36. The molecule has 0 bridgehead atoms. The maximum absolute atomic E-state index is 13.8. The lowest BCUT2D eigenvalue weighted by atomic mass is 9.95. The molecule has 9 nitrogen and oxygen atoms in total. The van der Waals surface area contributed by atoms with Gasteiger partial charge < -0.3 is 15.5 Å². The number of benzene rings is 1. The molecule has 0 saturated carbocycles. The number of nitrogen functional groups attached to an aromatic ring is 1. The summed E-state index contributed by atoms with van der Waals surface area (Å²) in [5.41, 5.74) is 6.03. The zero-order chi connectivity index (χ0) is 25.5. The van der Waals surface area contributed by atoms with Crippen molar-refractivity contribution in [3.8, 4) is 0 Å². The lowest BCUT2D eigenvalue weighted by molar-refractivity contribution is -0.134. The van der Waals surface area contributed by atoms with Crippen molar-refractivity contribution in [1.82, 2.24) is 14.5 Å². The normalized spacial score (nSPS) is 15.9. The van der Waals surface area contributed by atoms with Crippen molar-refractivity contribution in [1.29, 1.82) is 0 Å². The summed E-state index contributed by atoms with van der Waals surface area (Å²) in [7, 11) is 0. The second-order valence-corrected chi connectivity index (χ2v) is 9.68. The number of anilines is 2. The van der Waals surface area contributed by atoms with Gasteiger partial charge in [0.15, 0.2) is 5.69 Å². The van der Waals surface area contributed by atoms with Gasteiger partial charge in [0.05, 0.1) is 12.3 Å². The van der Waals surface area contributed by atoms with Crippen LogP contribution in [0, 0.1) is 11.8 Å². The number of nitrogens with one attached hydrogen (secondary N) is 1. The third-order valence-corrected chi connectivity index (χ3v) is 6.35. The Kier molecular flexibility index (Phi) is 8.89. The van der Waals surface area contributed by atoms with Gasteiger partial charge in [-0.25, -0.2) is 4.79 Å². The quantitative estimate of drug-likeness (QED) is 0.567. The Balaban J connectivity index is 1.87. The number of aromatic amines is 1. The molecule has 1 saturated heterocycles. The second-order valence-electron chi connectivity index (χ2n) is 9.68. The first kappa shape index (κ1) is 26.2. The first-order valence-electron chi connectivity index (χ1n) is 12.5. The number of piperidine rings is 1. The van der Waals surface area contributed by atoms with Gasteiger partial charge in [0, 0.05) is 26.2 Å². The summed E-state index contributed by atoms with van der Waals surface area (Å²) >= 11 is 0. The van der Waals surface area contributed by atoms with Crippen LogP contribution >= 0.6 is 0 Å². The fraction of sp³-hybridized carbons (Fsp3) is 0.538. The summed E-state index contributed by atoms with van der Waals surface area (Å²) in [6, 6.07) is 9.54. The Labute approximate surface area is 205 Å². The highest BCUT2D eigenvalue weighted by molar-refractivity contribution is 5.97. The molecule has 1 fully saturated rings. The van der Waals surface area contributed by atoms with E-state index in [0.29, 0.717) is 32.5 Å². The zero-order valence-corrected chi connectivity index (χ0v) is 21.0. The van der Waals surface area contributed by atoms with E-state index in [4.69, 9.17) is 5.73 Å². The summed E-state index contributed by atoms with van der Waals surface area (Å²) in [4.78, 5) is 57.5. The topological polar surface area (TPSA) is 121 Å². The Bertz CT molecular complexity index is 1140. The van der Waals surface area contributed by atoms with Gasteiger partial charge in [-0.2, -0.15) is 0 Å². The minimum Gasteiger partial charge on any atom is -0.383 e. The van der Waals surface area contributed by atoms with Gasteiger partial charge >= 0.3 is 5.69 Å². The van der Waals surface area contributed by atoms with Crippen LogP contribution in [0.15, 0.2) is 39.9 Å². The van der Waals surface area contributed by atoms with E-state index in [9.17, 15) is 19.2 Å². The van der Waals surface area contributed by atoms with Gasteiger partial charge in [-0.15, -0.1) is 0 Å². The number of carbonyl (C=O) groups excluding carboxylic acids is 2. The lowest BCUT2D eigenvalue weighted by Crippen LogP contribution is -2.50. The van der Waals surface area contributed by atoms with Gasteiger partial charge in [-0.05, 0) is 30.7 Å². The number of rotatable bonds is 9. The number of likely N-dealkylation sites (tertiary alicyclic amines) is 1. The number of nitrogens with two attached hydrogens (primary N) is 1. The highest BCUT2D eigenvalue weighted by Gasteiger charge is 2.34. The predicted octanol–water partition coefficient (Wildman–Crippen LogP) is 2.39. The first-order chi connectivity index (χ1) is 16.7. The minimum absolute atomic E-state index is 0.00835. The monoisotopic (exact) mass is 483 g/mol. The average molecular weight is 484 g/mol. The van der Waals surface area contributed by atoms with Crippen LogP contribution in [0.3, 0.4) is 0 Å². The summed E-state index contributed by atoms with van der Waals surface area (Å²) in [5.74, 6) is -0.636. The molecule has 1 aromatic heterocycles. The number of aromatic nitrogens is 2. The number of amides is 2. The van der Waals surface area contributed by atoms with Crippen molar-refractivity contribution in [2.24, 2.45) is 11.8 Å². The molecule has 1 atom stereocenters. The summed E-state index contributed by atoms with van der Waals surface area (Å²) in [6.07, 6.45) is 3.18. The number of unbranched alkanes of at least 4 members (excludes halogenated alkanes) is 1. The van der Waals surface area contributed by atoms with Gasteiger partial charge in [0.2, 0.25) is 11.8 Å². The van der Waals surface area contributed by atoms with Crippen molar-refractivity contribution < 1.29 is 9.59 Å². The van der Waals surface area contributed by atoms with E-state index in [1.54, 1.807) is 4.90 Å². The fourth-order valence-corrected chi connectivity index (χ4v) is 4.54. The van der Waals surface area contributed by atoms with Gasteiger partial charge in [-0.3, -0.25) is 23.9 Å². The number of hydrogen-bond donors (Lipinski definition) is 2. The van der Waals surface area contributed by atoms with Crippen LogP contribution in [0.4, 0.5) is 11.5 Å². The molecule has 3 N–H and O–H groups in total. The molecule has 0 radical (unpaired) electrons. The van der Waals surface area contributed by atoms with Crippen LogP contribution in [0.1, 0.15) is 52.0 Å². The first-order valence-corrected chi connectivity index (χ1v) is 12.5. The number of H-pyrrole nitrogens is 1. The number of carbonyl (C=O) groups is 2. The Morgan fingerprint density at radius 3 is 2.57 bits per heavy atom. The van der Waals surface area contributed by atoms with E-state index in [1.165, 1.54) is 9.47 Å². The molecule has 2 heterocycles. The van der Waals surface area contributed by atoms with Crippen LogP contribution < -0.4 is 21.9 Å². The van der Waals surface area contributed by atoms with Gasteiger partial charge in [0.1, 0.15) is 5.82 Å². The lowest BCUT2D eigenvalue weighted by Gasteiger charge is -2.35. The van der Waals surface area contributed by atoms with Crippen LogP contribution in [-0.4, -0.2) is 45.9 Å². The smallest absolute Gasteiger partial charge is 0.330 e. The molecule has 1 unspecified atom stereocenters. The van der Waals surface area contributed by atoms with Crippen LogP contribution in [0.5, 0.6) is 0 Å². The van der Waals surface area contributed by atoms with E-state index in [0.717, 1.165) is 18.4 Å². The molecule has 2 aromatic rings. The maximum atomic E-state index is 13.8. The molecular formula is C26H37N5O4. The molecule has 3 rings (SSSR count). The SMILES string of the molecule is CCCCn1c(N)c(N(CC(C)C)C(=O)C2CCCN(C(=O)Cc3ccccc3)C2)c(=O)[nH]c1=O. The van der Waals surface area contributed by atoms with E-state index in [-0.39, 0.29) is 42.2 Å². The van der Waals surface area contributed by atoms with Crippen molar-refractivity contribution in [2.75, 3.05) is 30.3 Å². The van der Waals surface area contributed by atoms with Crippen molar-refractivity contribution >= 4 is 23.3 Å². The number of nitrogens with zero attached hydrogens (tertiary/aromatic N) is 3. The summed E-state index contributed by atoms with van der Waals surface area (Å²) < 4.78 is 1.33. The van der Waals surface area contributed by atoms with Gasteiger partial charge in [0.25, 0.3) is 5.56 Å². The van der Waals surface area contributed by atoms with Crippen LogP contribution in [-0.2, 0) is 22.6 Å². The molecule has 35 heavy (non-hydrogen) atoms. The molecule has 2 amide bonds. The summed E-state index contributed by atoms with van der Waals surface area (Å²) in [6.45, 7) is 7.45. The molecule has 190 valence electrons. The van der Waals surface area contributed by atoms with Crippen LogP contribution in [0.25, 0.3) is 0 Å². The average Bonchev–Trinajstić information content (AvgIpc) is 2.83. The minimum atomic E-state index is -0.665. The van der Waals surface area contributed by atoms with Gasteiger partial charge in [-0.1, -0.05) is 57.5 Å². The largest absolute Gasteiger partial charge is 0.383 e. The highest BCUT2D eigenvalue weighted by atomic mass is 16.2. The van der Waals surface area contributed by atoms with E-state index in [1.807, 2.05) is 51.1 Å². The molecule has 1 aliphatic heterocycles. The Morgan fingerprint density at radius 2 is 1.91 bits per heavy atom. The molecule has 1 aromatic carbocycles. The predicted molar refractivity (Wildman–Crippen MR) is 137 cm³/mol. The van der Waals surface area contributed by atoms with E-state index in [2.05, 4.69) is 4.98 Å². The van der Waals surface area contributed by atoms with E-state index < -0.39 is 17.2 Å². The van der Waals surface area contributed by atoms with E-state index >= 15 is 0 Å². The molecule has 9 heteroatoms. The molecule has 0 spiro atoms. The molecule has 1 aliphatic rings. The van der Waals surface area contributed by atoms with Crippen molar-refractivity contribution in [3.05, 3.63) is 56.7 Å². The zero-order valence-electron chi connectivity index (χ0n) is 21.0. The van der Waals surface area contributed by atoms with Crippen LogP contribution in [0.2, 0.25) is 0 Å².